The summed E-state index contributed by atoms with van der Waals surface area (Å²) in [6.07, 6.45) is 0.303. The zero-order chi connectivity index (χ0) is 23.8. The summed E-state index contributed by atoms with van der Waals surface area (Å²) in [4.78, 5) is 45.8. The van der Waals surface area contributed by atoms with Crippen LogP contribution in [-0.4, -0.2) is 56.9 Å². The van der Waals surface area contributed by atoms with Crippen LogP contribution in [0.1, 0.15) is 25.3 Å². The monoisotopic (exact) mass is 455 g/mol. The Labute approximate surface area is 188 Å². The summed E-state index contributed by atoms with van der Waals surface area (Å²) >= 11 is 0. The molecule has 12 heteroatoms. The number of carbonyl (C=O) groups is 2. The molecular formula is C21H25N7O5. The number of nitrogens with one attached hydrogen (secondary N) is 4. The SMILES string of the molecule is CC(CCC(=O)O)C1NC(=O)C1(O)c1ccc(NCC2=Nc3c(nc(N)[nH]c3=O)NC2)cc1. The molecule has 2 aliphatic rings. The Morgan fingerprint density at radius 2 is 2.06 bits per heavy atom. The average molecular weight is 455 g/mol. The van der Waals surface area contributed by atoms with Gasteiger partial charge in [-0.1, -0.05) is 19.1 Å². The fourth-order valence-electron chi connectivity index (χ4n) is 4.04. The number of carbonyl (C=O) groups excluding carboxylic acids is 1. The van der Waals surface area contributed by atoms with Crippen molar-refractivity contribution in [3.05, 3.63) is 40.2 Å². The zero-order valence-corrected chi connectivity index (χ0v) is 17.9. The van der Waals surface area contributed by atoms with Gasteiger partial charge in [0, 0.05) is 12.1 Å². The second-order valence-electron chi connectivity index (χ2n) is 8.24. The molecular weight excluding hydrogens is 430 g/mol. The number of nitrogen functional groups attached to an aromatic ring is 1. The summed E-state index contributed by atoms with van der Waals surface area (Å²) in [7, 11) is 0. The van der Waals surface area contributed by atoms with Crippen molar-refractivity contribution < 1.29 is 19.8 Å². The standard InChI is InChI=1S/C21H25N7O5/c1-10(2-7-14(29)30)16-21(33,19(32)26-16)11-3-5-12(6-4-11)23-8-13-9-24-17-15(25-13)18(31)28-20(22)27-17/h3-6,10,16,23,33H,2,7-9H2,1H3,(H,26,32)(H,29,30)(H4,22,24,27,28,31). The van der Waals surface area contributed by atoms with E-state index in [4.69, 9.17) is 10.8 Å². The number of aromatic nitrogens is 2. The molecule has 0 spiro atoms. The van der Waals surface area contributed by atoms with E-state index in [9.17, 15) is 19.5 Å². The Hall–Kier alpha value is -3.93. The molecule has 1 fully saturated rings. The lowest BCUT2D eigenvalue weighted by molar-refractivity contribution is -0.167. The van der Waals surface area contributed by atoms with Crippen LogP contribution >= 0.6 is 0 Å². The van der Waals surface area contributed by atoms with E-state index in [2.05, 4.69) is 30.9 Å². The number of hydrogen-bond acceptors (Lipinski definition) is 9. The number of anilines is 3. The molecule has 4 rings (SSSR count). The lowest BCUT2D eigenvalue weighted by atomic mass is 9.72. The number of aromatic amines is 1. The van der Waals surface area contributed by atoms with Crippen molar-refractivity contribution in [1.29, 1.82) is 0 Å². The summed E-state index contributed by atoms with van der Waals surface area (Å²) in [6, 6.07) is 6.22. The first-order chi connectivity index (χ1) is 15.7. The van der Waals surface area contributed by atoms with Gasteiger partial charge in [0.25, 0.3) is 11.5 Å². The Bertz CT molecular complexity index is 1180. The number of carboxylic acids is 1. The van der Waals surface area contributed by atoms with E-state index in [1.54, 1.807) is 31.2 Å². The number of nitrogens with zero attached hydrogens (tertiary/aromatic N) is 2. The fourth-order valence-corrected chi connectivity index (χ4v) is 4.04. The van der Waals surface area contributed by atoms with Crippen LogP contribution in [0.2, 0.25) is 0 Å². The molecule has 12 nitrogen and oxygen atoms in total. The maximum atomic E-state index is 12.2. The highest BCUT2D eigenvalue weighted by Gasteiger charge is 2.56. The molecule has 2 aromatic rings. The largest absolute Gasteiger partial charge is 0.481 e. The topological polar surface area (TPSA) is 195 Å². The number of aliphatic hydroxyl groups is 1. The molecule has 1 aromatic carbocycles. The van der Waals surface area contributed by atoms with E-state index >= 15 is 0 Å². The Kier molecular flexibility index (Phi) is 5.77. The molecule has 2 aliphatic heterocycles. The molecule has 1 aromatic heterocycles. The highest BCUT2D eigenvalue weighted by atomic mass is 16.4. The zero-order valence-electron chi connectivity index (χ0n) is 17.9. The fraction of sp³-hybridized carbons (Fsp3) is 0.381. The normalized spacial score (nSPS) is 22.2. The van der Waals surface area contributed by atoms with Crippen LogP contribution in [0, 0.1) is 5.92 Å². The van der Waals surface area contributed by atoms with Gasteiger partial charge in [0.05, 0.1) is 24.8 Å². The lowest BCUT2D eigenvalue weighted by Crippen LogP contribution is -2.72. The number of aliphatic imine (C=N–C) groups is 1. The highest BCUT2D eigenvalue weighted by Crippen LogP contribution is 2.38. The van der Waals surface area contributed by atoms with Gasteiger partial charge in [-0.2, -0.15) is 4.98 Å². The van der Waals surface area contributed by atoms with Crippen molar-refractivity contribution in [2.24, 2.45) is 10.9 Å². The predicted molar refractivity (Wildman–Crippen MR) is 122 cm³/mol. The minimum Gasteiger partial charge on any atom is -0.481 e. The van der Waals surface area contributed by atoms with E-state index < -0.39 is 29.1 Å². The first kappa shape index (κ1) is 22.3. The molecule has 33 heavy (non-hydrogen) atoms. The van der Waals surface area contributed by atoms with Crippen molar-refractivity contribution in [2.45, 2.75) is 31.4 Å². The molecule has 0 radical (unpaired) electrons. The van der Waals surface area contributed by atoms with Gasteiger partial charge in [0.1, 0.15) is 0 Å². The number of aliphatic carboxylic acids is 1. The number of rotatable bonds is 8. The molecule has 3 unspecified atom stereocenters. The van der Waals surface area contributed by atoms with Crippen LogP contribution < -0.4 is 27.2 Å². The van der Waals surface area contributed by atoms with Gasteiger partial charge in [0.2, 0.25) is 5.95 Å². The number of benzene rings is 1. The minimum atomic E-state index is -1.70. The molecule has 3 heterocycles. The van der Waals surface area contributed by atoms with E-state index in [-0.39, 0.29) is 24.0 Å². The Morgan fingerprint density at radius 3 is 2.73 bits per heavy atom. The van der Waals surface area contributed by atoms with Gasteiger partial charge in [0.15, 0.2) is 17.1 Å². The number of fused-ring (bicyclic) bond motifs is 1. The maximum Gasteiger partial charge on any atom is 0.303 e. The first-order valence-electron chi connectivity index (χ1n) is 10.5. The van der Waals surface area contributed by atoms with Crippen molar-refractivity contribution in [3.8, 4) is 0 Å². The number of nitrogens with two attached hydrogens (primary N) is 1. The van der Waals surface area contributed by atoms with Crippen LogP contribution in [0.3, 0.4) is 0 Å². The second-order valence-corrected chi connectivity index (χ2v) is 8.24. The summed E-state index contributed by atoms with van der Waals surface area (Å²) in [5, 5.41) is 28.8. The molecule has 1 saturated heterocycles. The van der Waals surface area contributed by atoms with Crippen molar-refractivity contribution in [2.75, 3.05) is 29.5 Å². The lowest BCUT2D eigenvalue weighted by Gasteiger charge is -2.47. The Morgan fingerprint density at radius 1 is 1.33 bits per heavy atom. The number of carboxylic acid groups (broad SMARTS) is 1. The summed E-state index contributed by atoms with van der Waals surface area (Å²) in [6.45, 7) is 2.55. The highest BCUT2D eigenvalue weighted by molar-refractivity contribution is 5.97. The van der Waals surface area contributed by atoms with Gasteiger partial charge in [-0.15, -0.1) is 0 Å². The number of amides is 1. The quantitative estimate of drug-likeness (QED) is 0.271. The van der Waals surface area contributed by atoms with Gasteiger partial charge in [-0.05, 0) is 30.0 Å². The van der Waals surface area contributed by atoms with Gasteiger partial charge in [-0.3, -0.25) is 19.4 Å². The summed E-state index contributed by atoms with van der Waals surface area (Å²) in [5.74, 6) is -1.28. The average Bonchev–Trinajstić information content (AvgIpc) is 2.79. The molecule has 1 amide bonds. The number of β-lactam (4-membered cyclic amide) rings is 1. The van der Waals surface area contributed by atoms with Gasteiger partial charge < -0.3 is 31.9 Å². The van der Waals surface area contributed by atoms with Crippen LogP contribution in [-0.2, 0) is 15.2 Å². The van der Waals surface area contributed by atoms with Crippen LogP contribution in [0.25, 0.3) is 0 Å². The first-order valence-corrected chi connectivity index (χ1v) is 10.5. The van der Waals surface area contributed by atoms with Crippen LogP contribution in [0.15, 0.2) is 34.1 Å². The van der Waals surface area contributed by atoms with Crippen molar-refractivity contribution in [3.63, 3.8) is 0 Å². The van der Waals surface area contributed by atoms with Gasteiger partial charge >= 0.3 is 5.97 Å². The van der Waals surface area contributed by atoms with Crippen LogP contribution in [0.4, 0.5) is 23.1 Å². The van der Waals surface area contributed by atoms with E-state index in [1.807, 2.05) is 0 Å². The number of hydrogen-bond donors (Lipinski definition) is 7. The molecule has 0 aliphatic carbocycles. The van der Waals surface area contributed by atoms with Crippen molar-refractivity contribution >= 4 is 40.7 Å². The molecule has 174 valence electrons. The van der Waals surface area contributed by atoms with Gasteiger partial charge in [-0.25, -0.2) is 4.99 Å². The third-order valence-corrected chi connectivity index (χ3v) is 5.93. The summed E-state index contributed by atoms with van der Waals surface area (Å²) < 4.78 is 0. The smallest absolute Gasteiger partial charge is 0.303 e. The molecule has 0 bridgehead atoms. The van der Waals surface area contributed by atoms with Crippen LogP contribution in [0.5, 0.6) is 0 Å². The molecule has 3 atom stereocenters. The molecule has 0 saturated carbocycles. The predicted octanol–water partition coefficient (Wildman–Crippen LogP) is 0.149. The van der Waals surface area contributed by atoms with E-state index in [0.717, 1.165) is 5.69 Å². The Balaban J connectivity index is 1.42. The third-order valence-electron chi connectivity index (χ3n) is 5.93. The van der Waals surface area contributed by atoms with E-state index in [0.29, 0.717) is 36.6 Å². The number of H-pyrrole nitrogens is 1. The van der Waals surface area contributed by atoms with E-state index in [1.165, 1.54) is 0 Å². The van der Waals surface area contributed by atoms with Crippen molar-refractivity contribution in [1.82, 2.24) is 15.3 Å². The molecule has 8 N–H and O–H groups in total. The second kappa shape index (κ2) is 8.54. The maximum absolute atomic E-state index is 12.2. The summed E-state index contributed by atoms with van der Waals surface area (Å²) in [5.41, 5.74) is 5.43. The third kappa shape index (κ3) is 4.24. The minimum absolute atomic E-state index is 0.0171.